The van der Waals surface area contributed by atoms with Crippen LogP contribution in [0.5, 0.6) is 5.75 Å². The van der Waals surface area contributed by atoms with Crippen molar-refractivity contribution in [1.82, 2.24) is 9.55 Å². The Bertz CT molecular complexity index is 1590. The summed E-state index contributed by atoms with van der Waals surface area (Å²) in [6, 6.07) is 5.69. The molecule has 1 saturated carbocycles. The molecule has 2 fully saturated rings. The normalized spacial score (nSPS) is 23.9. The number of benzene rings is 1. The number of fused-ring (bicyclic) bond motifs is 3. The fourth-order valence-corrected chi connectivity index (χ4v) is 6.06. The Morgan fingerprint density at radius 1 is 1.30 bits per heavy atom. The van der Waals surface area contributed by atoms with Crippen molar-refractivity contribution in [3.8, 4) is 5.75 Å². The third-order valence-electron chi connectivity index (χ3n) is 7.92. The summed E-state index contributed by atoms with van der Waals surface area (Å²) in [5.74, 6) is -2.23. The summed E-state index contributed by atoms with van der Waals surface area (Å²) in [5, 5.41) is 7.03. The molecule has 0 spiro atoms. The maximum absolute atomic E-state index is 15.0. The van der Waals surface area contributed by atoms with E-state index in [0.29, 0.717) is 59.2 Å². The number of nitrogens with two attached hydrogens (primary N) is 1. The molecule has 0 amide bonds. The lowest BCUT2D eigenvalue weighted by Gasteiger charge is -2.36. The number of hydrogen-bond acceptors (Lipinski definition) is 7. The summed E-state index contributed by atoms with van der Waals surface area (Å²) in [6.45, 7) is 10.2. The summed E-state index contributed by atoms with van der Waals surface area (Å²) in [7, 11) is 1.58. The summed E-state index contributed by atoms with van der Waals surface area (Å²) in [5.41, 5.74) is 7.50. The molecule has 4 N–H and O–H groups in total. The van der Waals surface area contributed by atoms with Gasteiger partial charge >= 0.3 is 5.92 Å². The monoisotopic (exact) mass is 569 g/mol. The average molecular weight is 570 g/mol. The smallest absolute Gasteiger partial charge is 0.301 e. The fourth-order valence-electron chi connectivity index (χ4n) is 5.87. The van der Waals surface area contributed by atoms with E-state index in [4.69, 9.17) is 33.6 Å². The van der Waals surface area contributed by atoms with Gasteiger partial charge in [-0.1, -0.05) is 18.5 Å². The zero-order valence-corrected chi connectivity index (χ0v) is 22.9. The van der Waals surface area contributed by atoms with Crippen LogP contribution in [0.25, 0.3) is 15.7 Å². The van der Waals surface area contributed by atoms with E-state index in [-0.39, 0.29) is 28.4 Å². The number of rotatable bonds is 4. The molecule has 3 aromatic rings. The van der Waals surface area contributed by atoms with Crippen LogP contribution in [-0.4, -0.2) is 47.3 Å². The van der Waals surface area contributed by atoms with Gasteiger partial charge in [-0.3, -0.25) is 4.79 Å². The van der Waals surface area contributed by atoms with Gasteiger partial charge in [0.2, 0.25) is 11.4 Å². The number of halogens is 3. The van der Waals surface area contributed by atoms with E-state index >= 15 is 0 Å². The average Bonchev–Trinajstić information content (AvgIpc) is 3.75. The van der Waals surface area contributed by atoms with Crippen molar-refractivity contribution in [1.29, 1.82) is 0 Å². The van der Waals surface area contributed by atoms with E-state index in [1.54, 1.807) is 31.3 Å². The van der Waals surface area contributed by atoms with Crippen molar-refractivity contribution < 1.29 is 13.5 Å². The van der Waals surface area contributed by atoms with Gasteiger partial charge in [0.1, 0.15) is 11.6 Å². The molecule has 1 aromatic carbocycles. The molecular weight excluding hydrogens is 540 g/mol. The molecule has 40 heavy (non-hydrogen) atoms. The van der Waals surface area contributed by atoms with Gasteiger partial charge in [0, 0.05) is 37.3 Å². The highest BCUT2D eigenvalue weighted by Crippen LogP contribution is 2.46. The fraction of sp³-hybridized carbons (Fsp3) is 0.464. The molecule has 1 saturated heterocycles. The summed E-state index contributed by atoms with van der Waals surface area (Å²) in [6.07, 6.45) is 2.30. The van der Waals surface area contributed by atoms with Crippen molar-refractivity contribution in [3.05, 3.63) is 51.1 Å². The van der Waals surface area contributed by atoms with Gasteiger partial charge in [-0.15, -0.1) is 0 Å². The van der Waals surface area contributed by atoms with E-state index in [0.717, 1.165) is 13.0 Å². The first kappa shape index (κ1) is 26.6. The van der Waals surface area contributed by atoms with Gasteiger partial charge in [0.05, 0.1) is 28.8 Å². The van der Waals surface area contributed by atoms with Crippen molar-refractivity contribution >= 4 is 51.2 Å². The highest BCUT2D eigenvalue weighted by Gasteiger charge is 2.51. The van der Waals surface area contributed by atoms with E-state index in [1.165, 1.54) is 4.57 Å². The van der Waals surface area contributed by atoms with E-state index in [1.807, 2.05) is 4.90 Å². The third kappa shape index (κ3) is 4.69. The molecule has 0 bridgehead atoms. The van der Waals surface area contributed by atoms with Gasteiger partial charge < -0.3 is 30.6 Å². The van der Waals surface area contributed by atoms with Crippen molar-refractivity contribution in [2.24, 2.45) is 24.6 Å². The third-order valence-corrected chi connectivity index (χ3v) is 8.21. The molecule has 3 aliphatic rings. The Hall–Kier alpha value is -3.62. The molecule has 9 nitrogen and oxygen atoms in total. The second kappa shape index (κ2) is 9.78. The predicted octanol–water partition coefficient (Wildman–Crippen LogP) is 5.27. The van der Waals surface area contributed by atoms with Crippen molar-refractivity contribution in [2.75, 3.05) is 35.2 Å². The number of aryl methyl sites for hydroxylation is 1. The number of hydrogen-bond donors (Lipinski definition) is 3. The van der Waals surface area contributed by atoms with Crippen LogP contribution in [0.3, 0.4) is 0 Å². The highest BCUT2D eigenvalue weighted by molar-refractivity contribution is 6.33. The van der Waals surface area contributed by atoms with Crippen LogP contribution in [0.4, 0.5) is 37.5 Å². The maximum atomic E-state index is 15.0. The minimum Gasteiger partial charge on any atom is -0.480 e. The van der Waals surface area contributed by atoms with Gasteiger partial charge in [-0.2, -0.15) is 0 Å². The second-order valence-electron chi connectivity index (χ2n) is 11.2. The van der Waals surface area contributed by atoms with Crippen LogP contribution in [0.1, 0.15) is 26.2 Å². The predicted molar refractivity (Wildman–Crippen MR) is 153 cm³/mol. The SMILES string of the molecule is [C-]#[N+]c1cc(Cl)c(Nc2ccc3c(c2)c2c(c(=O)n3C)OCC(F)(F)[C@H](C3CC3)N2)nc1N1C[C@H](C)C[C@H](N)C1. The lowest BCUT2D eigenvalue weighted by atomic mass is 9.96. The van der Waals surface area contributed by atoms with Crippen molar-refractivity contribution in [3.63, 3.8) is 0 Å². The largest absolute Gasteiger partial charge is 0.480 e. The number of piperidine rings is 1. The van der Waals surface area contributed by atoms with Gasteiger partial charge in [0.15, 0.2) is 6.61 Å². The molecular formula is C28H30ClF2N7O2. The second-order valence-corrected chi connectivity index (χ2v) is 11.6. The number of aromatic nitrogens is 2. The Labute approximate surface area is 235 Å². The first-order valence-corrected chi connectivity index (χ1v) is 13.7. The lowest BCUT2D eigenvalue weighted by Crippen LogP contribution is -2.46. The first-order valence-electron chi connectivity index (χ1n) is 13.3. The molecule has 1 aliphatic carbocycles. The zero-order chi connectivity index (χ0) is 28.3. The number of pyridine rings is 2. The Balaban J connectivity index is 1.41. The highest BCUT2D eigenvalue weighted by atomic mass is 35.5. The molecule has 3 atom stereocenters. The molecule has 0 unspecified atom stereocenters. The van der Waals surface area contributed by atoms with Gasteiger partial charge in [0.25, 0.3) is 5.56 Å². The molecule has 0 radical (unpaired) electrons. The quantitative estimate of drug-likeness (QED) is 0.368. The summed E-state index contributed by atoms with van der Waals surface area (Å²) >= 11 is 6.55. The summed E-state index contributed by atoms with van der Waals surface area (Å²) < 4.78 is 36.8. The van der Waals surface area contributed by atoms with Gasteiger partial charge in [-0.05, 0) is 55.4 Å². The maximum Gasteiger partial charge on any atom is 0.301 e. The van der Waals surface area contributed by atoms with Crippen LogP contribution < -0.4 is 31.6 Å². The van der Waals surface area contributed by atoms with E-state index in [2.05, 4.69) is 22.4 Å². The molecule has 6 rings (SSSR count). The molecule has 4 heterocycles. The van der Waals surface area contributed by atoms with Crippen LogP contribution >= 0.6 is 11.6 Å². The van der Waals surface area contributed by atoms with Crippen LogP contribution in [0.2, 0.25) is 5.02 Å². The Morgan fingerprint density at radius 3 is 2.77 bits per heavy atom. The number of nitrogens with one attached hydrogen (secondary N) is 2. The Morgan fingerprint density at radius 2 is 2.08 bits per heavy atom. The lowest BCUT2D eigenvalue weighted by molar-refractivity contribution is -0.0579. The number of anilines is 4. The zero-order valence-electron chi connectivity index (χ0n) is 22.2. The molecule has 210 valence electrons. The first-order chi connectivity index (χ1) is 19.1. The van der Waals surface area contributed by atoms with Gasteiger partial charge in [-0.25, -0.2) is 18.6 Å². The van der Waals surface area contributed by atoms with Crippen LogP contribution in [-0.2, 0) is 7.05 Å². The minimum absolute atomic E-state index is 0.0276. The van der Waals surface area contributed by atoms with E-state index in [9.17, 15) is 13.6 Å². The molecule has 2 aliphatic heterocycles. The number of ether oxygens (including phenoxy) is 1. The minimum atomic E-state index is -3.12. The molecule has 2 aromatic heterocycles. The molecule has 12 heteroatoms. The summed E-state index contributed by atoms with van der Waals surface area (Å²) in [4.78, 5) is 23.4. The number of alkyl halides is 2. The van der Waals surface area contributed by atoms with Crippen molar-refractivity contribution in [2.45, 2.75) is 44.2 Å². The number of nitrogens with zero attached hydrogens (tertiary/aromatic N) is 4. The van der Waals surface area contributed by atoms with E-state index < -0.39 is 24.1 Å². The van der Waals surface area contributed by atoms with Crippen LogP contribution in [0, 0.1) is 18.4 Å². The Kier molecular flexibility index (Phi) is 6.50. The topological polar surface area (TPSA) is 102 Å². The standard InChI is InChI=1S/C28H30ClF2N7O2/c1-14-8-16(32)12-38(11-14)26-20(33-2)10-19(29)25(36-26)34-17-6-7-21-18(9-17)22-23(27(39)37(21)3)40-13-28(30,31)24(35-22)15-4-5-15/h6-7,9-10,14-16,24,35H,4-5,8,11-13,32H2,1,3H3,(H,34,36)/t14-,16+,24+/m1/s1. The van der Waals surface area contributed by atoms with Crippen LogP contribution in [0.15, 0.2) is 29.1 Å².